The number of carbonyl (C=O) groups is 2. The second kappa shape index (κ2) is 4.21. The Morgan fingerprint density at radius 3 is 3.00 bits per heavy atom. The number of nitrogens with two attached hydrogens (primary N) is 1. The average molecular weight is 199 g/mol. The lowest BCUT2D eigenvalue weighted by Gasteiger charge is -1.97. The minimum atomic E-state index is -0.656. The van der Waals surface area contributed by atoms with Gasteiger partial charge < -0.3 is 10.5 Å². The number of hydrogen-bond acceptors (Lipinski definition) is 5. The van der Waals surface area contributed by atoms with Gasteiger partial charge in [-0.1, -0.05) is 0 Å². The summed E-state index contributed by atoms with van der Waals surface area (Å²) in [6.07, 6.45) is 0.621. The van der Waals surface area contributed by atoms with Crippen LogP contribution < -0.4 is 11.1 Å². The number of aromatic nitrogens is 3. The van der Waals surface area contributed by atoms with Gasteiger partial charge in [-0.2, -0.15) is 9.90 Å². The minimum absolute atomic E-state index is 0.136. The zero-order valence-electron chi connectivity index (χ0n) is 7.43. The lowest BCUT2D eigenvalue weighted by atomic mass is 10.6. The molecule has 0 spiro atoms. The topological polar surface area (TPSA) is 112 Å². The van der Waals surface area contributed by atoms with Gasteiger partial charge in [-0.3, -0.25) is 10.1 Å². The summed E-state index contributed by atoms with van der Waals surface area (Å²) in [4.78, 5) is 22.2. The maximum Gasteiger partial charge on any atom is 0.412 e. The van der Waals surface area contributed by atoms with Crippen LogP contribution in [0, 0.1) is 0 Å². The molecule has 14 heavy (non-hydrogen) atoms. The Balaban J connectivity index is 2.59. The van der Waals surface area contributed by atoms with Crippen LogP contribution in [0.15, 0.2) is 6.20 Å². The predicted octanol–water partition coefficient (Wildman–Crippen LogP) is -1.06. The second-order valence-electron chi connectivity index (χ2n) is 2.34. The molecule has 0 saturated carbocycles. The van der Waals surface area contributed by atoms with Crippen LogP contribution in [0.4, 0.5) is 10.6 Å². The maximum atomic E-state index is 10.7. The molecule has 1 rings (SSSR count). The molecular weight excluding hydrogens is 190 g/mol. The highest BCUT2D eigenvalue weighted by Crippen LogP contribution is 1.98. The molecule has 0 aliphatic carbocycles. The highest BCUT2D eigenvalue weighted by atomic mass is 16.5. The van der Waals surface area contributed by atoms with E-state index >= 15 is 0 Å². The fraction of sp³-hybridized carbons (Fsp3) is 0.333. The van der Waals surface area contributed by atoms with Gasteiger partial charge in [0.2, 0.25) is 5.91 Å². The largest absolute Gasteiger partial charge is 0.453 e. The Bertz CT molecular complexity index is 347. The first-order chi connectivity index (χ1) is 6.61. The summed E-state index contributed by atoms with van der Waals surface area (Å²) >= 11 is 0. The number of rotatable bonds is 3. The molecule has 0 radical (unpaired) electrons. The van der Waals surface area contributed by atoms with E-state index in [0.29, 0.717) is 0 Å². The molecule has 3 N–H and O–H groups in total. The van der Waals surface area contributed by atoms with E-state index in [1.807, 2.05) is 0 Å². The molecule has 0 aliphatic heterocycles. The van der Waals surface area contributed by atoms with E-state index in [2.05, 4.69) is 20.3 Å². The number of amides is 2. The number of methoxy groups -OCH3 is 1. The van der Waals surface area contributed by atoms with Crippen molar-refractivity contribution >= 4 is 17.8 Å². The summed E-state index contributed by atoms with van der Waals surface area (Å²) in [7, 11) is 1.23. The molecule has 0 atom stereocenters. The lowest BCUT2D eigenvalue weighted by Crippen LogP contribution is -2.20. The fourth-order valence-corrected chi connectivity index (χ4v) is 0.726. The maximum absolute atomic E-state index is 10.7. The first-order valence-corrected chi connectivity index (χ1v) is 3.65. The van der Waals surface area contributed by atoms with E-state index in [1.54, 1.807) is 0 Å². The van der Waals surface area contributed by atoms with Crippen LogP contribution >= 0.6 is 0 Å². The Hall–Kier alpha value is -2.12. The van der Waals surface area contributed by atoms with Gasteiger partial charge in [-0.15, -0.1) is 5.10 Å². The zero-order chi connectivity index (χ0) is 10.6. The Morgan fingerprint density at radius 1 is 1.71 bits per heavy atom. The van der Waals surface area contributed by atoms with Gasteiger partial charge in [-0.05, 0) is 0 Å². The minimum Gasteiger partial charge on any atom is -0.453 e. The molecule has 0 unspecified atom stereocenters. The van der Waals surface area contributed by atoms with Gasteiger partial charge in [-0.25, -0.2) is 4.79 Å². The van der Waals surface area contributed by atoms with Crippen LogP contribution in [0.2, 0.25) is 0 Å². The van der Waals surface area contributed by atoms with Crippen molar-refractivity contribution in [2.75, 3.05) is 12.4 Å². The van der Waals surface area contributed by atoms with E-state index in [4.69, 9.17) is 5.73 Å². The highest BCUT2D eigenvalue weighted by molar-refractivity contribution is 5.82. The summed E-state index contributed by atoms with van der Waals surface area (Å²) in [6, 6.07) is 0. The van der Waals surface area contributed by atoms with Crippen LogP contribution in [0.5, 0.6) is 0 Å². The van der Waals surface area contributed by atoms with Crippen molar-refractivity contribution in [2.45, 2.75) is 6.54 Å². The molecule has 8 heteroatoms. The zero-order valence-corrected chi connectivity index (χ0v) is 7.43. The van der Waals surface area contributed by atoms with E-state index < -0.39 is 12.0 Å². The quantitative estimate of drug-likeness (QED) is 0.644. The van der Waals surface area contributed by atoms with E-state index in [-0.39, 0.29) is 12.4 Å². The van der Waals surface area contributed by atoms with E-state index in [0.717, 1.165) is 4.80 Å². The molecule has 0 saturated heterocycles. The number of carbonyl (C=O) groups excluding carboxylic acids is 2. The molecule has 8 nitrogen and oxygen atoms in total. The van der Waals surface area contributed by atoms with Crippen molar-refractivity contribution in [3.8, 4) is 0 Å². The van der Waals surface area contributed by atoms with Gasteiger partial charge in [0, 0.05) is 0 Å². The van der Waals surface area contributed by atoms with Crippen molar-refractivity contribution in [3.05, 3.63) is 6.20 Å². The van der Waals surface area contributed by atoms with E-state index in [9.17, 15) is 9.59 Å². The van der Waals surface area contributed by atoms with Gasteiger partial charge in [0.1, 0.15) is 6.54 Å². The van der Waals surface area contributed by atoms with Crippen molar-refractivity contribution in [1.29, 1.82) is 0 Å². The Morgan fingerprint density at radius 2 is 2.43 bits per heavy atom. The number of anilines is 1. The first-order valence-electron chi connectivity index (χ1n) is 3.65. The fourth-order valence-electron chi connectivity index (χ4n) is 0.726. The van der Waals surface area contributed by atoms with Crippen molar-refractivity contribution < 1.29 is 14.3 Å². The molecule has 0 fully saturated rings. The number of primary amides is 1. The molecule has 1 aromatic heterocycles. The van der Waals surface area contributed by atoms with Gasteiger partial charge in [0.25, 0.3) is 0 Å². The predicted molar refractivity (Wildman–Crippen MR) is 45.2 cm³/mol. The van der Waals surface area contributed by atoms with Crippen LogP contribution in [0.3, 0.4) is 0 Å². The average Bonchev–Trinajstić information content (AvgIpc) is 2.51. The molecule has 0 aromatic carbocycles. The summed E-state index contributed by atoms with van der Waals surface area (Å²) < 4.78 is 4.33. The third-order valence-electron chi connectivity index (χ3n) is 1.25. The summed E-state index contributed by atoms with van der Waals surface area (Å²) in [5.74, 6) is -0.372. The first kappa shape index (κ1) is 9.96. The third-order valence-corrected chi connectivity index (χ3v) is 1.25. The van der Waals surface area contributed by atoms with E-state index in [1.165, 1.54) is 13.3 Å². The van der Waals surface area contributed by atoms with Crippen LogP contribution in [0.1, 0.15) is 0 Å². The summed E-state index contributed by atoms with van der Waals surface area (Å²) in [5, 5.41) is 9.69. The third kappa shape index (κ3) is 2.73. The van der Waals surface area contributed by atoms with Crippen molar-refractivity contribution in [2.24, 2.45) is 5.73 Å². The normalized spacial score (nSPS) is 9.50. The van der Waals surface area contributed by atoms with Crippen LogP contribution in [-0.2, 0) is 16.1 Å². The van der Waals surface area contributed by atoms with Crippen LogP contribution in [0.25, 0.3) is 0 Å². The SMILES string of the molecule is COC(=O)Nc1cnn(CC(N)=O)n1. The number of ether oxygens (including phenoxy) is 1. The molecular formula is C6H9N5O3. The number of hydrogen-bond donors (Lipinski definition) is 2. The van der Waals surface area contributed by atoms with Gasteiger partial charge in [0.15, 0.2) is 5.82 Å². The number of nitrogens with one attached hydrogen (secondary N) is 1. The van der Waals surface area contributed by atoms with Gasteiger partial charge in [0.05, 0.1) is 13.3 Å². The molecule has 2 amide bonds. The Labute approximate surface area is 79.0 Å². The highest BCUT2D eigenvalue weighted by Gasteiger charge is 2.05. The Kier molecular flexibility index (Phi) is 3.00. The molecule has 0 aliphatic rings. The number of nitrogens with zero attached hydrogens (tertiary/aromatic N) is 3. The molecule has 1 heterocycles. The second-order valence-corrected chi connectivity index (χ2v) is 2.34. The summed E-state index contributed by atoms with van der Waals surface area (Å²) in [6.45, 7) is -0.136. The summed E-state index contributed by atoms with van der Waals surface area (Å²) in [5.41, 5.74) is 4.91. The van der Waals surface area contributed by atoms with Gasteiger partial charge >= 0.3 is 6.09 Å². The molecule has 0 bridgehead atoms. The molecule has 1 aromatic rings. The van der Waals surface area contributed by atoms with Crippen LogP contribution in [-0.4, -0.2) is 34.1 Å². The lowest BCUT2D eigenvalue weighted by molar-refractivity contribution is -0.118. The monoisotopic (exact) mass is 199 g/mol. The smallest absolute Gasteiger partial charge is 0.412 e. The van der Waals surface area contributed by atoms with Crippen molar-refractivity contribution in [3.63, 3.8) is 0 Å². The standard InChI is InChI=1S/C6H9N5O3/c1-14-6(13)9-5-2-8-11(10-5)3-4(7)12/h2H,3H2,1H3,(H2,7,12)(H,9,10,13). The molecule has 76 valence electrons. The van der Waals surface area contributed by atoms with Crippen molar-refractivity contribution in [1.82, 2.24) is 15.0 Å².